The van der Waals surface area contributed by atoms with Gasteiger partial charge in [-0.05, 0) is 107 Å². The zero-order chi connectivity index (χ0) is 58.4. The lowest BCUT2D eigenvalue weighted by molar-refractivity contribution is 0.669. The van der Waals surface area contributed by atoms with Crippen molar-refractivity contribution in [1.82, 2.24) is 0 Å². The molecule has 0 unspecified atom stereocenters. The summed E-state index contributed by atoms with van der Waals surface area (Å²) >= 11 is 0. The van der Waals surface area contributed by atoms with Gasteiger partial charge in [0.1, 0.15) is 11.2 Å². The van der Waals surface area contributed by atoms with Crippen molar-refractivity contribution in [3.05, 3.63) is 181 Å². The van der Waals surface area contributed by atoms with Gasteiger partial charge < -0.3 is 4.42 Å². The lowest BCUT2D eigenvalue weighted by Crippen LogP contribution is -1.92. The standard InChI is InChI=1S/C48H30O/c1-3-13-31(14-4-1)37-25-23-35(28-42(37)32-15-5-2-6-16-32)47-38-19-9-11-21-40(38)48(41-22-12-10-20-39(41)47)36-24-26-45-43(29-36)44-27-33-17-7-8-18-34(33)30-46(44)49-45/h1-30H/i1D,2D,3D,4D,5D,6D,7D,8D,9D,10D,11D,12D,13D,14D,15D,16D,17D,18D,19D,20D,21D,22D,23D,24D,25D,26D,27D,28D,29D,30D. The van der Waals surface area contributed by atoms with Crippen LogP contribution in [0.25, 0.3) is 98.8 Å². The molecular weight excluding hydrogens is 593 g/mol. The van der Waals surface area contributed by atoms with E-state index in [1.807, 2.05) is 0 Å². The van der Waals surface area contributed by atoms with Gasteiger partial charge in [0.15, 0.2) is 0 Å². The van der Waals surface area contributed by atoms with Gasteiger partial charge in [-0.25, -0.2) is 0 Å². The predicted molar refractivity (Wildman–Crippen MR) is 208 cm³/mol. The second-order valence-corrected chi connectivity index (χ2v) is 10.5. The molecule has 9 aromatic carbocycles. The third-order valence-corrected chi connectivity index (χ3v) is 7.82. The molecule has 0 fully saturated rings. The molecule has 1 nitrogen and oxygen atoms in total. The van der Waals surface area contributed by atoms with Crippen LogP contribution in [0.1, 0.15) is 41.1 Å². The van der Waals surface area contributed by atoms with E-state index >= 15 is 0 Å². The minimum absolute atomic E-state index is 0.471. The van der Waals surface area contributed by atoms with Crippen LogP contribution < -0.4 is 0 Å². The maximum absolute atomic E-state index is 10.1. The van der Waals surface area contributed by atoms with Crippen LogP contribution in [0.5, 0.6) is 0 Å². The molecule has 10 aromatic rings. The Morgan fingerprint density at radius 2 is 0.776 bits per heavy atom. The fourth-order valence-corrected chi connectivity index (χ4v) is 5.77. The quantitative estimate of drug-likeness (QED) is 0.172. The summed E-state index contributed by atoms with van der Waals surface area (Å²) in [4.78, 5) is 0. The Labute approximate surface area is 326 Å². The molecule has 0 saturated heterocycles. The molecule has 0 N–H and O–H groups in total. The zero-order valence-electron chi connectivity index (χ0n) is 54.4. The molecule has 228 valence electrons. The van der Waals surface area contributed by atoms with Gasteiger partial charge in [0.2, 0.25) is 0 Å². The van der Waals surface area contributed by atoms with E-state index in [-0.39, 0.29) is 0 Å². The Balaban J connectivity index is 1.52. The van der Waals surface area contributed by atoms with E-state index in [2.05, 4.69) is 0 Å². The minimum atomic E-state index is -1.20. The Kier molecular flexibility index (Phi) is 2.50. The van der Waals surface area contributed by atoms with Crippen LogP contribution in [-0.2, 0) is 0 Å². The summed E-state index contributed by atoms with van der Waals surface area (Å²) in [6.45, 7) is 0. The van der Waals surface area contributed by atoms with E-state index in [1.54, 1.807) is 0 Å². The summed E-state index contributed by atoms with van der Waals surface area (Å²) < 4.78 is 277. The van der Waals surface area contributed by atoms with Crippen molar-refractivity contribution in [1.29, 1.82) is 0 Å². The van der Waals surface area contributed by atoms with Crippen LogP contribution in [0.2, 0.25) is 0 Å². The van der Waals surface area contributed by atoms with Gasteiger partial charge in [0.05, 0.1) is 41.1 Å². The van der Waals surface area contributed by atoms with Crippen molar-refractivity contribution in [3.8, 4) is 44.5 Å². The highest BCUT2D eigenvalue weighted by molar-refractivity contribution is 6.22. The summed E-state index contributed by atoms with van der Waals surface area (Å²) in [5, 5.41) is -5.36. The van der Waals surface area contributed by atoms with Crippen LogP contribution in [0.4, 0.5) is 0 Å². The Morgan fingerprint density at radius 1 is 0.306 bits per heavy atom. The molecule has 0 aliphatic rings. The predicted octanol–water partition coefficient (Wildman–Crippen LogP) is 13.7. The smallest absolute Gasteiger partial charge is 0.136 e. The maximum atomic E-state index is 10.1. The van der Waals surface area contributed by atoms with E-state index in [0.29, 0.717) is 0 Å². The highest BCUT2D eigenvalue weighted by Gasteiger charge is 2.19. The molecular formula is C48H30O. The fourth-order valence-electron chi connectivity index (χ4n) is 5.77. The van der Waals surface area contributed by atoms with E-state index in [0.717, 1.165) is 0 Å². The molecule has 1 heteroatoms. The van der Waals surface area contributed by atoms with Crippen molar-refractivity contribution in [2.24, 2.45) is 0 Å². The van der Waals surface area contributed by atoms with Crippen LogP contribution in [-0.4, -0.2) is 0 Å². The molecule has 0 spiro atoms. The first-order valence-corrected chi connectivity index (χ1v) is 14.4. The molecule has 0 radical (unpaired) electrons. The van der Waals surface area contributed by atoms with E-state index < -0.39 is 280 Å². The van der Waals surface area contributed by atoms with Crippen LogP contribution in [0.3, 0.4) is 0 Å². The number of rotatable bonds is 4. The normalized spacial score (nSPS) is 20.2. The molecule has 10 rings (SSSR count). The van der Waals surface area contributed by atoms with Gasteiger partial charge in [-0.3, -0.25) is 0 Å². The Hall–Kier alpha value is -6.44. The Morgan fingerprint density at radius 3 is 1.39 bits per heavy atom. The van der Waals surface area contributed by atoms with Gasteiger partial charge in [-0.15, -0.1) is 0 Å². The molecule has 1 heterocycles. The van der Waals surface area contributed by atoms with Crippen LogP contribution >= 0.6 is 0 Å². The van der Waals surface area contributed by atoms with E-state index in [1.165, 1.54) is 0 Å². The largest absolute Gasteiger partial charge is 0.456 e. The van der Waals surface area contributed by atoms with Gasteiger partial charge in [0.25, 0.3) is 0 Å². The van der Waals surface area contributed by atoms with Gasteiger partial charge >= 0.3 is 0 Å². The number of benzene rings is 9. The van der Waals surface area contributed by atoms with Crippen molar-refractivity contribution in [2.45, 2.75) is 0 Å². The molecule has 0 atom stereocenters. The number of hydrogen-bond acceptors (Lipinski definition) is 1. The zero-order valence-corrected chi connectivity index (χ0v) is 24.4. The number of furan rings is 1. The molecule has 0 amide bonds. The van der Waals surface area contributed by atoms with Crippen molar-refractivity contribution in [2.75, 3.05) is 0 Å². The third kappa shape index (κ3) is 4.47. The van der Waals surface area contributed by atoms with Gasteiger partial charge in [-0.2, -0.15) is 0 Å². The van der Waals surface area contributed by atoms with E-state index in [4.69, 9.17) is 30.5 Å². The first kappa shape index (κ1) is 11.1. The maximum Gasteiger partial charge on any atom is 0.136 e. The number of fused-ring (bicyclic) bond motifs is 6. The van der Waals surface area contributed by atoms with Crippen molar-refractivity contribution >= 4 is 54.3 Å². The average Bonchev–Trinajstić information content (AvgIpc) is 3.80. The topological polar surface area (TPSA) is 13.1 Å². The first-order chi connectivity index (χ1) is 36.8. The van der Waals surface area contributed by atoms with Crippen LogP contribution in [0.15, 0.2) is 186 Å². The second kappa shape index (κ2) is 11.1. The summed E-state index contributed by atoms with van der Waals surface area (Å²) in [6.07, 6.45) is 0. The molecule has 0 bridgehead atoms. The highest BCUT2D eigenvalue weighted by atomic mass is 16.3. The lowest BCUT2D eigenvalue weighted by atomic mass is 9.84. The van der Waals surface area contributed by atoms with Crippen molar-refractivity contribution < 1.29 is 45.5 Å². The summed E-state index contributed by atoms with van der Waals surface area (Å²) in [7, 11) is 0. The van der Waals surface area contributed by atoms with Crippen LogP contribution in [0, 0.1) is 0 Å². The number of hydrogen-bond donors (Lipinski definition) is 0. The van der Waals surface area contributed by atoms with Gasteiger partial charge in [0, 0.05) is 10.8 Å². The second-order valence-electron chi connectivity index (χ2n) is 10.5. The third-order valence-electron chi connectivity index (χ3n) is 7.82. The summed E-state index contributed by atoms with van der Waals surface area (Å²) in [5.41, 5.74) is -8.40. The molecule has 0 saturated carbocycles. The SMILES string of the molecule is [2H]c1c([2H])c([2H])c(-c2c([2H])c([2H])c(-c3c4c([2H])c([2H])c([2H])c([2H])c4c(-c4c([2H])c([2H])c5oc6c([2H])c7c([2H])c([2H])c([2H])c([2H])c7c([2H])c6c5c4[2H])c4c([2H])c([2H])c([2H])c([2H])c34)c([2H])c2-c2c([2H])c([2H])c([2H])c([2H])c2[2H])c([2H])c1[2H]. The molecule has 1 aromatic heterocycles. The van der Waals surface area contributed by atoms with Crippen molar-refractivity contribution in [3.63, 3.8) is 0 Å². The minimum Gasteiger partial charge on any atom is -0.456 e. The molecule has 0 aliphatic carbocycles. The summed E-state index contributed by atoms with van der Waals surface area (Å²) in [6, 6.07) is -29.7. The molecule has 49 heavy (non-hydrogen) atoms. The Bertz CT molecular complexity index is 4460. The monoisotopic (exact) mass is 652 g/mol. The summed E-state index contributed by atoms with van der Waals surface area (Å²) in [5.74, 6) is 0. The lowest BCUT2D eigenvalue weighted by Gasteiger charge is -2.19. The highest BCUT2D eigenvalue weighted by Crippen LogP contribution is 2.46. The fraction of sp³-hybridized carbons (Fsp3) is 0. The first-order valence-electron chi connectivity index (χ1n) is 29.4. The van der Waals surface area contributed by atoms with E-state index in [9.17, 15) is 15.1 Å². The average molecular weight is 653 g/mol. The molecule has 0 aliphatic heterocycles. The van der Waals surface area contributed by atoms with Gasteiger partial charge in [-0.1, -0.05) is 151 Å².